The summed E-state index contributed by atoms with van der Waals surface area (Å²) in [6.45, 7) is 8.20. The minimum Gasteiger partial charge on any atom is -0.493 e. The number of nitrogens with one attached hydrogen (secondary N) is 1. The number of para-hydroxylation sites is 2. The zero-order chi connectivity index (χ0) is 25.0. The first-order valence-corrected chi connectivity index (χ1v) is 12.8. The Labute approximate surface area is 209 Å². The third kappa shape index (κ3) is 7.10. The van der Waals surface area contributed by atoms with Crippen molar-refractivity contribution in [2.24, 2.45) is 5.92 Å². The van der Waals surface area contributed by atoms with Crippen molar-refractivity contribution in [3.8, 4) is 11.5 Å². The van der Waals surface area contributed by atoms with Gasteiger partial charge in [-0.15, -0.1) is 0 Å². The average Bonchev–Trinajstić information content (AvgIpc) is 3.22. The van der Waals surface area contributed by atoms with Gasteiger partial charge in [0.1, 0.15) is 5.82 Å². The molecule has 6 heteroatoms. The van der Waals surface area contributed by atoms with E-state index < -0.39 is 0 Å². The summed E-state index contributed by atoms with van der Waals surface area (Å²) in [5, 5.41) is 3.09. The normalized spacial score (nSPS) is 11.5. The van der Waals surface area contributed by atoms with Gasteiger partial charge < -0.3 is 19.4 Å². The molecule has 0 saturated carbocycles. The van der Waals surface area contributed by atoms with Gasteiger partial charge in [-0.3, -0.25) is 4.79 Å². The maximum atomic E-state index is 12.3. The van der Waals surface area contributed by atoms with Gasteiger partial charge in [-0.05, 0) is 62.4 Å². The Kier molecular flexibility index (Phi) is 10.2. The number of benzene rings is 2. The number of aromatic nitrogens is 2. The number of hydrogen-bond donors (Lipinski definition) is 1. The quantitative estimate of drug-likeness (QED) is 0.288. The molecule has 0 saturated heterocycles. The minimum absolute atomic E-state index is 0.0896. The fourth-order valence-corrected chi connectivity index (χ4v) is 4.32. The van der Waals surface area contributed by atoms with Crippen molar-refractivity contribution in [1.82, 2.24) is 14.9 Å². The van der Waals surface area contributed by atoms with Gasteiger partial charge in [0.25, 0.3) is 0 Å². The van der Waals surface area contributed by atoms with Gasteiger partial charge >= 0.3 is 0 Å². The number of unbranched alkanes of at least 4 members (excludes halogenated alkanes) is 1. The monoisotopic (exact) mass is 477 g/mol. The number of carbonyl (C=O) groups is 1. The molecule has 0 atom stereocenters. The first kappa shape index (κ1) is 26.3. The topological polar surface area (TPSA) is 65.4 Å². The Bertz CT molecular complexity index is 1120. The van der Waals surface area contributed by atoms with E-state index in [-0.39, 0.29) is 11.8 Å². The highest BCUT2D eigenvalue weighted by molar-refractivity contribution is 5.78. The summed E-state index contributed by atoms with van der Waals surface area (Å²) in [5.41, 5.74) is 3.22. The Balaban J connectivity index is 1.56. The van der Waals surface area contributed by atoms with E-state index in [9.17, 15) is 4.79 Å². The van der Waals surface area contributed by atoms with Crippen LogP contribution in [0.25, 0.3) is 17.1 Å². The van der Waals surface area contributed by atoms with Gasteiger partial charge in [-0.2, -0.15) is 0 Å². The summed E-state index contributed by atoms with van der Waals surface area (Å²) < 4.78 is 13.8. The van der Waals surface area contributed by atoms with Crippen molar-refractivity contribution >= 4 is 23.0 Å². The highest BCUT2D eigenvalue weighted by Gasteiger charge is 2.15. The lowest BCUT2D eigenvalue weighted by atomic mass is 10.0. The molecule has 3 aromatic rings. The van der Waals surface area contributed by atoms with Crippen LogP contribution in [-0.4, -0.2) is 35.7 Å². The molecule has 1 amide bonds. The Morgan fingerprint density at radius 3 is 2.66 bits per heavy atom. The molecule has 6 nitrogen and oxygen atoms in total. The third-order valence-corrected chi connectivity index (χ3v) is 6.32. The van der Waals surface area contributed by atoms with Crippen LogP contribution in [0.2, 0.25) is 0 Å². The number of carbonyl (C=O) groups excluding carboxylic acids is 1. The number of amides is 1. The van der Waals surface area contributed by atoms with Crippen LogP contribution in [0.1, 0.15) is 57.8 Å². The maximum Gasteiger partial charge on any atom is 0.223 e. The average molecular weight is 478 g/mol. The summed E-state index contributed by atoms with van der Waals surface area (Å²) in [6.07, 6.45) is 8.38. The number of hydrogen-bond acceptors (Lipinski definition) is 4. The summed E-state index contributed by atoms with van der Waals surface area (Å²) in [7, 11) is 1.67. The van der Waals surface area contributed by atoms with Gasteiger partial charge in [0, 0.05) is 25.4 Å². The van der Waals surface area contributed by atoms with Gasteiger partial charge in [-0.1, -0.05) is 44.2 Å². The van der Waals surface area contributed by atoms with Crippen LogP contribution in [-0.2, 0) is 17.8 Å². The Morgan fingerprint density at radius 1 is 1.11 bits per heavy atom. The standard InChI is InChI=1S/C29H39N3O3/c1-5-12-22-15-16-26(27(21-22)34-4)35-20-11-10-19-32-25-14-9-8-13-24(25)31-28(32)17-18-30-29(33)23(6-2)7-3/h5,8-9,12-16,21,23H,6-7,10-11,17-20H2,1-4H3,(H,30,33)/b12-5+. The molecule has 0 aliphatic carbocycles. The molecule has 3 rings (SSSR count). The lowest BCUT2D eigenvalue weighted by Gasteiger charge is -2.14. The fraction of sp³-hybridized carbons (Fsp3) is 0.448. The van der Waals surface area contributed by atoms with Gasteiger partial charge in [-0.25, -0.2) is 4.98 Å². The number of nitrogens with zero attached hydrogens (tertiary/aromatic N) is 2. The fourth-order valence-electron chi connectivity index (χ4n) is 4.32. The van der Waals surface area contributed by atoms with E-state index in [0.29, 0.717) is 19.6 Å². The molecule has 1 aromatic heterocycles. The van der Waals surface area contributed by atoms with Crippen molar-refractivity contribution < 1.29 is 14.3 Å². The number of aryl methyl sites for hydroxylation is 1. The van der Waals surface area contributed by atoms with E-state index in [1.54, 1.807) is 7.11 Å². The van der Waals surface area contributed by atoms with Crippen molar-refractivity contribution in [2.45, 2.75) is 59.4 Å². The predicted molar refractivity (Wildman–Crippen MR) is 143 cm³/mol. The van der Waals surface area contributed by atoms with Crippen LogP contribution in [0, 0.1) is 5.92 Å². The molecule has 0 aliphatic heterocycles. The lowest BCUT2D eigenvalue weighted by molar-refractivity contribution is -0.125. The molecule has 0 fully saturated rings. The smallest absolute Gasteiger partial charge is 0.223 e. The third-order valence-electron chi connectivity index (χ3n) is 6.32. The summed E-state index contributed by atoms with van der Waals surface area (Å²) in [6, 6.07) is 14.2. The van der Waals surface area contributed by atoms with E-state index in [4.69, 9.17) is 14.5 Å². The van der Waals surface area contributed by atoms with Gasteiger partial charge in [0.15, 0.2) is 11.5 Å². The molecular formula is C29H39N3O3. The summed E-state index contributed by atoms with van der Waals surface area (Å²) in [4.78, 5) is 17.2. The zero-order valence-corrected chi connectivity index (χ0v) is 21.5. The second-order valence-electron chi connectivity index (χ2n) is 8.69. The van der Waals surface area contributed by atoms with E-state index >= 15 is 0 Å². The zero-order valence-electron chi connectivity index (χ0n) is 21.5. The summed E-state index contributed by atoms with van der Waals surface area (Å²) in [5.74, 6) is 2.76. The second kappa shape index (κ2) is 13.6. The molecule has 1 N–H and O–H groups in total. The molecule has 0 unspecified atom stereocenters. The molecule has 0 spiro atoms. The van der Waals surface area contributed by atoms with Crippen LogP contribution in [0.5, 0.6) is 11.5 Å². The molecular weight excluding hydrogens is 438 g/mol. The number of fused-ring (bicyclic) bond motifs is 1. The van der Waals surface area contributed by atoms with Crippen LogP contribution < -0.4 is 14.8 Å². The number of methoxy groups -OCH3 is 1. The highest BCUT2D eigenvalue weighted by Crippen LogP contribution is 2.29. The molecule has 0 aliphatic rings. The van der Waals surface area contributed by atoms with Crippen molar-refractivity contribution in [1.29, 1.82) is 0 Å². The molecule has 1 heterocycles. The van der Waals surface area contributed by atoms with Crippen LogP contribution in [0.4, 0.5) is 0 Å². The Morgan fingerprint density at radius 2 is 1.91 bits per heavy atom. The van der Waals surface area contributed by atoms with E-state index in [0.717, 1.165) is 66.1 Å². The van der Waals surface area contributed by atoms with E-state index in [1.165, 1.54) is 0 Å². The Hall–Kier alpha value is -3.28. The van der Waals surface area contributed by atoms with Crippen LogP contribution in [0.3, 0.4) is 0 Å². The highest BCUT2D eigenvalue weighted by atomic mass is 16.5. The van der Waals surface area contributed by atoms with Gasteiger partial charge in [0.05, 0.1) is 24.8 Å². The largest absolute Gasteiger partial charge is 0.493 e. The molecule has 2 aromatic carbocycles. The minimum atomic E-state index is 0.0896. The SMILES string of the molecule is C/C=C/c1ccc(OCCCCn2c(CCNC(=O)C(CC)CC)nc3ccccc32)c(OC)c1. The van der Waals surface area contributed by atoms with Crippen LogP contribution in [0.15, 0.2) is 48.5 Å². The number of rotatable bonds is 14. The van der Waals surface area contributed by atoms with Crippen molar-refractivity contribution in [3.63, 3.8) is 0 Å². The molecule has 0 radical (unpaired) electrons. The lowest BCUT2D eigenvalue weighted by Crippen LogP contribution is -2.32. The number of allylic oxidation sites excluding steroid dienone is 1. The first-order chi connectivity index (χ1) is 17.1. The number of imidazole rings is 1. The van der Waals surface area contributed by atoms with E-state index in [2.05, 4.69) is 29.8 Å². The van der Waals surface area contributed by atoms with Crippen molar-refractivity contribution in [2.75, 3.05) is 20.3 Å². The number of ether oxygens (including phenoxy) is 2. The first-order valence-electron chi connectivity index (χ1n) is 12.8. The molecule has 188 valence electrons. The molecule has 35 heavy (non-hydrogen) atoms. The van der Waals surface area contributed by atoms with E-state index in [1.807, 2.05) is 55.5 Å². The maximum absolute atomic E-state index is 12.3. The second-order valence-corrected chi connectivity index (χ2v) is 8.69. The molecule has 0 bridgehead atoms. The van der Waals surface area contributed by atoms with Crippen LogP contribution >= 0.6 is 0 Å². The van der Waals surface area contributed by atoms with Crippen molar-refractivity contribution in [3.05, 3.63) is 59.9 Å². The summed E-state index contributed by atoms with van der Waals surface area (Å²) >= 11 is 0. The predicted octanol–water partition coefficient (Wildman–Crippen LogP) is 6.03. The van der Waals surface area contributed by atoms with Gasteiger partial charge in [0.2, 0.25) is 5.91 Å².